The number of ether oxygens (including phenoxy) is 1. The predicted octanol–water partition coefficient (Wildman–Crippen LogP) is 1.71. The van der Waals surface area contributed by atoms with E-state index in [2.05, 4.69) is 37.1 Å². The quantitative estimate of drug-likeness (QED) is 0.362. The molecule has 32 heavy (non-hydrogen) atoms. The first kappa shape index (κ1) is 21.1. The molecule has 1 aliphatic heterocycles. The molecule has 4 heterocycles. The molecule has 3 aromatic heterocycles. The molecule has 170 valence electrons. The zero-order valence-corrected chi connectivity index (χ0v) is 19.4. The Labute approximate surface area is 190 Å². The summed E-state index contributed by atoms with van der Waals surface area (Å²) in [6.45, 7) is 9.50. The van der Waals surface area contributed by atoms with Crippen LogP contribution >= 0.6 is 11.3 Å². The molecule has 2 aliphatic rings. The maximum Gasteiger partial charge on any atom is 0.324 e. The van der Waals surface area contributed by atoms with Crippen LogP contribution in [0.5, 0.6) is 0 Å². The van der Waals surface area contributed by atoms with Crippen LogP contribution in [0, 0.1) is 11.3 Å². The van der Waals surface area contributed by atoms with E-state index in [1.54, 1.807) is 11.0 Å². The van der Waals surface area contributed by atoms with Crippen molar-refractivity contribution in [2.75, 3.05) is 37.0 Å². The monoisotopic (exact) mass is 456 g/mol. The summed E-state index contributed by atoms with van der Waals surface area (Å²) in [5, 5.41) is 19.7. The standard InChI is InChI=1S/C22H28N6O3S/c1-22(2,3)14-4-5-16-13(10-14)11-15-18(23)19(32-21(15)24-16)20(29)25-17-12-28(26-31-17)27-6-8-30-9-7-27/h11-12,14H,4-10H2,1-3H3,(H2-,23,25,26,29). The van der Waals surface area contributed by atoms with E-state index in [9.17, 15) is 5.11 Å². The Balaban J connectivity index is 1.43. The van der Waals surface area contributed by atoms with Gasteiger partial charge in [-0.05, 0) is 42.2 Å². The molecule has 2 N–H and O–H groups in total. The molecule has 0 bridgehead atoms. The largest absolute Gasteiger partial charge is 0.857 e. The molecule has 0 saturated carbocycles. The van der Waals surface area contributed by atoms with E-state index in [4.69, 9.17) is 20.0 Å². The van der Waals surface area contributed by atoms with Crippen molar-refractivity contribution in [2.45, 2.75) is 40.0 Å². The smallest absolute Gasteiger partial charge is 0.324 e. The van der Waals surface area contributed by atoms with Crippen LogP contribution < -0.4 is 20.6 Å². The topological polar surface area (TPSA) is 117 Å². The molecule has 1 unspecified atom stereocenters. The fraction of sp³-hybridized carbons (Fsp3) is 0.545. The van der Waals surface area contributed by atoms with E-state index >= 15 is 0 Å². The molecule has 0 radical (unpaired) electrons. The number of hydrogen-bond donors (Lipinski definition) is 1. The lowest BCUT2D eigenvalue weighted by molar-refractivity contribution is -0.759. The second-order valence-corrected chi connectivity index (χ2v) is 10.5. The number of pyridine rings is 1. The van der Waals surface area contributed by atoms with E-state index in [-0.39, 0.29) is 11.3 Å². The van der Waals surface area contributed by atoms with Gasteiger partial charge in [-0.3, -0.25) is 4.52 Å². The van der Waals surface area contributed by atoms with Gasteiger partial charge < -0.3 is 15.6 Å². The molecule has 3 aromatic rings. The van der Waals surface area contributed by atoms with Crippen LogP contribution in [-0.2, 0) is 17.6 Å². The van der Waals surface area contributed by atoms with Gasteiger partial charge >= 0.3 is 5.88 Å². The third-order valence-electron chi connectivity index (χ3n) is 6.44. The molecular weight excluding hydrogens is 428 g/mol. The fourth-order valence-electron chi connectivity index (χ4n) is 4.41. The first-order valence-corrected chi connectivity index (χ1v) is 11.8. The normalized spacial score (nSPS) is 20.0. The van der Waals surface area contributed by atoms with Gasteiger partial charge in [-0.15, -0.1) is 16.3 Å². The second-order valence-electron chi connectivity index (χ2n) is 9.54. The molecule has 10 heteroatoms. The molecule has 5 rings (SSSR count). The first-order chi connectivity index (χ1) is 15.3. The number of aryl methyl sites for hydroxylation is 1. The minimum absolute atomic E-state index is 0.138. The zero-order valence-electron chi connectivity index (χ0n) is 18.6. The van der Waals surface area contributed by atoms with Crippen LogP contribution in [0.3, 0.4) is 0 Å². The van der Waals surface area contributed by atoms with Crippen LogP contribution in [0.2, 0.25) is 0 Å². The van der Waals surface area contributed by atoms with Gasteiger partial charge in [0.15, 0.2) is 0 Å². The molecule has 1 atom stereocenters. The van der Waals surface area contributed by atoms with E-state index in [1.165, 1.54) is 16.9 Å². The van der Waals surface area contributed by atoms with Crippen LogP contribution in [0.25, 0.3) is 10.2 Å². The molecular formula is C22H28N6O3S. The SMILES string of the molecule is CC(C)(C)C1CCc2nc3sc(/C([O-])=N/c4c[n+](N5CCOCC5)no4)c(N)c3cc2C1. The van der Waals surface area contributed by atoms with Crippen LogP contribution in [0.4, 0.5) is 11.6 Å². The van der Waals surface area contributed by atoms with Crippen molar-refractivity contribution >= 4 is 39.0 Å². The molecule has 1 aliphatic carbocycles. The molecule has 0 aromatic carbocycles. The molecule has 1 fully saturated rings. The first-order valence-electron chi connectivity index (χ1n) is 11.0. The number of nitrogen functional groups attached to an aromatic ring is 1. The predicted molar refractivity (Wildman–Crippen MR) is 121 cm³/mol. The van der Waals surface area contributed by atoms with Crippen LogP contribution in [0.1, 0.15) is 43.3 Å². The summed E-state index contributed by atoms with van der Waals surface area (Å²) < 4.78 is 10.6. The number of nitrogens with zero attached hydrogens (tertiary/aromatic N) is 5. The Kier molecular flexibility index (Phi) is 5.29. The number of anilines is 1. The van der Waals surface area contributed by atoms with Crippen molar-refractivity contribution < 1.29 is 19.2 Å². The van der Waals surface area contributed by atoms with Gasteiger partial charge in [0, 0.05) is 17.0 Å². The van der Waals surface area contributed by atoms with Crippen LogP contribution in [0.15, 0.2) is 21.8 Å². The van der Waals surface area contributed by atoms with Crippen molar-refractivity contribution in [1.29, 1.82) is 0 Å². The van der Waals surface area contributed by atoms with E-state index < -0.39 is 5.90 Å². The molecule has 0 amide bonds. The number of hydrogen-bond acceptors (Lipinski definition) is 9. The minimum Gasteiger partial charge on any atom is -0.857 e. The third-order valence-corrected chi connectivity index (χ3v) is 7.54. The maximum atomic E-state index is 12.9. The Bertz CT molecular complexity index is 1170. The summed E-state index contributed by atoms with van der Waals surface area (Å²) in [4.78, 5) is 11.7. The summed E-state index contributed by atoms with van der Waals surface area (Å²) in [7, 11) is 0. The minimum atomic E-state index is -0.443. The highest BCUT2D eigenvalue weighted by molar-refractivity contribution is 7.21. The Hall–Kier alpha value is -2.72. The average molecular weight is 457 g/mol. The molecule has 1 saturated heterocycles. The Morgan fingerprint density at radius 2 is 2.12 bits per heavy atom. The second kappa shape index (κ2) is 8.00. The molecule has 0 spiro atoms. The van der Waals surface area contributed by atoms with E-state index in [0.29, 0.717) is 42.8 Å². The lowest BCUT2D eigenvalue weighted by Crippen LogP contribution is -2.62. The van der Waals surface area contributed by atoms with Gasteiger partial charge in [0.05, 0.1) is 41.7 Å². The lowest BCUT2D eigenvalue weighted by atomic mass is 9.71. The van der Waals surface area contributed by atoms with E-state index in [1.807, 2.05) is 5.01 Å². The van der Waals surface area contributed by atoms with Gasteiger partial charge in [0.2, 0.25) is 5.27 Å². The van der Waals surface area contributed by atoms with Gasteiger partial charge in [0.1, 0.15) is 4.83 Å². The van der Waals surface area contributed by atoms with Crippen LogP contribution in [-0.4, -0.2) is 42.5 Å². The number of aliphatic imine (C=N–C) groups is 1. The van der Waals surface area contributed by atoms with Crippen molar-refractivity contribution in [3.63, 3.8) is 0 Å². The Morgan fingerprint density at radius 1 is 1.34 bits per heavy atom. The van der Waals surface area contributed by atoms with Gasteiger partial charge in [-0.2, -0.15) is 0 Å². The highest BCUT2D eigenvalue weighted by Crippen LogP contribution is 2.40. The number of nitrogens with two attached hydrogens (primary N) is 1. The van der Waals surface area contributed by atoms with Crippen molar-refractivity contribution in [1.82, 2.24) is 10.3 Å². The summed E-state index contributed by atoms with van der Waals surface area (Å²) in [6, 6.07) is 2.12. The number of morpholine rings is 1. The van der Waals surface area contributed by atoms with E-state index in [0.717, 1.165) is 35.2 Å². The van der Waals surface area contributed by atoms with Gasteiger partial charge in [-0.1, -0.05) is 20.8 Å². The number of fused-ring (bicyclic) bond motifs is 2. The fourth-order valence-corrected chi connectivity index (χ4v) is 5.39. The average Bonchev–Trinajstić information content (AvgIpc) is 3.36. The van der Waals surface area contributed by atoms with Crippen molar-refractivity contribution in [3.05, 3.63) is 28.4 Å². The van der Waals surface area contributed by atoms with Gasteiger partial charge in [-0.25, -0.2) is 9.98 Å². The summed E-state index contributed by atoms with van der Waals surface area (Å²) in [5.41, 5.74) is 9.44. The van der Waals surface area contributed by atoms with Gasteiger partial charge in [0.25, 0.3) is 6.20 Å². The lowest BCUT2D eigenvalue weighted by Gasteiger charge is -2.34. The summed E-state index contributed by atoms with van der Waals surface area (Å²) in [6.07, 6.45) is 4.67. The van der Waals surface area contributed by atoms with Crippen molar-refractivity contribution in [2.24, 2.45) is 16.3 Å². The highest BCUT2D eigenvalue weighted by atomic mass is 32.1. The van der Waals surface area contributed by atoms with Crippen molar-refractivity contribution in [3.8, 4) is 0 Å². The number of aromatic nitrogens is 3. The maximum absolute atomic E-state index is 12.9. The zero-order chi connectivity index (χ0) is 22.5. The number of thiophene rings is 1. The number of rotatable bonds is 3. The third kappa shape index (κ3) is 3.93. The summed E-state index contributed by atoms with van der Waals surface area (Å²) >= 11 is 1.29. The highest BCUT2D eigenvalue weighted by Gasteiger charge is 2.30. The Morgan fingerprint density at radius 3 is 2.88 bits per heavy atom. The molecule has 9 nitrogen and oxygen atoms in total. The summed E-state index contributed by atoms with van der Waals surface area (Å²) in [5.74, 6) is 0.301.